The monoisotopic (exact) mass is 380 g/mol. The molecule has 0 bridgehead atoms. The Morgan fingerprint density at radius 3 is 2.48 bits per heavy atom. The van der Waals surface area contributed by atoms with Gasteiger partial charge in [-0.05, 0) is 49.6 Å². The van der Waals surface area contributed by atoms with Crippen LogP contribution in [0, 0.1) is 5.92 Å². The first-order valence-electron chi connectivity index (χ1n) is 8.62. The van der Waals surface area contributed by atoms with E-state index in [0.717, 1.165) is 22.8 Å². The van der Waals surface area contributed by atoms with E-state index in [1.165, 1.54) is 0 Å². The topological polar surface area (TPSA) is 25.2 Å². The fourth-order valence-electron chi connectivity index (χ4n) is 2.76. The van der Waals surface area contributed by atoms with E-state index in [1.54, 1.807) is 6.92 Å². The quantitative estimate of drug-likeness (QED) is 0.606. The molecule has 0 saturated carbocycles. The van der Waals surface area contributed by atoms with Crippen LogP contribution in [-0.2, 0) is 17.9 Å². The van der Waals surface area contributed by atoms with E-state index in [-0.39, 0.29) is 11.9 Å². The molecule has 136 valence electrons. The lowest BCUT2D eigenvalue weighted by Crippen LogP contribution is -2.44. The van der Waals surface area contributed by atoms with Crippen molar-refractivity contribution < 1.29 is 4.79 Å². The van der Waals surface area contributed by atoms with Gasteiger partial charge in [-0.1, -0.05) is 37.6 Å². The fourth-order valence-corrected chi connectivity index (χ4v) is 3.10. The van der Waals surface area contributed by atoms with Crippen molar-refractivity contribution in [3.63, 3.8) is 0 Å². The maximum atomic E-state index is 12.6. The highest BCUT2D eigenvalue weighted by Crippen LogP contribution is 2.19. The molecule has 5 heteroatoms. The zero-order valence-corrected chi connectivity index (χ0v) is 16.8. The second-order valence-electron chi connectivity index (χ2n) is 6.82. The zero-order valence-electron chi connectivity index (χ0n) is 15.2. The predicted molar refractivity (Wildman–Crippen MR) is 105 cm³/mol. The van der Waals surface area contributed by atoms with Crippen LogP contribution in [0.4, 0.5) is 0 Å². The molecule has 0 aliphatic rings. The Kier molecular flexibility index (Phi) is 6.97. The average molecular weight is 381 g/mol. The van der Waals surface area contributed by atoms with Crippen molar-refractivity contribution in [3.8, 4) is 0 Å². The minimum absolute atomic E-state index is 0.0293. The summed E-state index contributed by atoms with van der Waals surface area (Å²) in [6.07, 6.45) is 2.03. The highest BCUT2D eigenvalue weighted by atomic mass is 35.5. The van der Waals surface area contributed by atoms with Gasteiger partial charge in [0.2, 0.25) is 5.91 Å². The van der Waals surface area contributed by atoms with Crippen molar-refractivity contribution in [2.45, 2.75) is 52.2 Å². The number of alkyl halides is 1. The fraction of sp³-hybridized carbons (Fsp3) is 0.450. The Morgan fingerprint density at radius 1 is 1.16 bits per heavy atom. The van der Waals surface area contributed by atoms with Gasteiger partial charge in [-0.3, -0.25) is 4.79 Å². The predicted octanol–water partition coefficient (Wildman–Crippen LogP) is 5.19. The first kappa shape index (κ1) is 19.9. The molecule has 2 atom stereocenters. The molecule has 0 saturated heterocycles. The van der Waals surface area contributed by atoms with Crippen molar-refractivity contribution in [1.82, 2.24) is 9.47 Å². The van der Waals surface area contributed by atoms with E-state index < -0.39 is 5.38 Å². The number of halogens is 2. The number of rotatable bonds is 7. The number of nitrogens with zero attached hydrogens (tertiary/aromatic N) is 2. The van der Waals surface area contributed by atoms with Gasteiger partial charge in [-0.25, -0.2) is 0 Å². The van der Waals surface area contributed by atoms with E-state index in [4.69, 9.17) is 23.2 Å². The molecule has 0 unspecified atom stereocenters. The van der Waals surface area contributed by atoms with Crippen molar-refractivity contribution in [1.29, 1.82) is 0 Å². The summed E-state index contributed by atoms with van der Waals surface area (Å²) < 4.78 is 2.15. The number of carbonyl (C=O) groups is 1. The van der Waals surface area contributed by atoms with Gasteiger partial charge >= 0.3 is 0 Å². The normalized spacial score (nSPS) is 13.7. The maximum Gasteiger partial charge on any atom is 0.240 e. The third kappa shape index (κ3) is 5.26. The SMILES string of the molecule is CC(C)[C@H](C)N(Cc1cccn1Cc1cccc(Cl)c1)C(=O)[C@H](C)Cl. The van der Waals surface area contributed by atoms with Crippen LogP contribution in [0.1, 0.15) is 39.0 Å². The van der Waals surface area contributed by atoms with Crippen molar-refractivity contribution in [2.75, 3.05) is 0 Å². The molecule has 1 heterocycles. The van der Waals surface area contributed by atoms with Crippen LogP contribution >= 0.6 is 23.2 Å². The summed E-state index contributed by atoms with van der Waals surface area (Å²) >= 11 is 12.2. The van der Waals surface area contributed by atoms with Gasteiger partial charge in [0.15, 0.2) is 0 Å². The summed E-state index contributed by atoms with van der Waals surface area (Å²) in [6.45, 7) is 9.31. The summed E-state index contributed by atoms with van der Waals surface area (Å²) in [5.41, 5.74) is 2.21. The number of hydrogen-bond acceptors (Lipinski definition) is 1. The number of benzene rings is 1. The lowest BCUT2D eigenvalue weighted by Gasteiger charge is -2.33. The minimum atomic E-state index is -0.530. The van der Waals surface area contributed by atoms with E-state index in [1.807, 2.05) is 35.4 Å². The molecule has 0 fully saturated rings. The third-order valence-corrected chi connectivity index (χ3v) is 5.00. The average Bonchev–Trinajstić information content (AvgIpc) is 2.98. The van der Waals surface area contributed by atoms with Crippen LogP contribution in [0.25, 0.3) is 0 Å². The van der Waals surface area contributed by atoms with Gasteiger partial charge in [0.05, 0.1) is 6.54 Å². The molecule has 0 aliphatic heterocycles. The summed E-state index contributed by atoms with van der Waals surface area (Å²) in [4.78, 5) is 14.5. The standard InChI is InChI=1S/C20H26Cl2N2O/c1-14(2)16(4)24(20(25)15(3)21)13-19-9-6-10-23(19)12-17-7-5-8-18(22)11-17/h5-11,14-16H,12-13H2,1-4H3/t15-,16-/m0/s1. The lowest BCUT2D eigenvalue weighted by atomic mass is 10.0. The molecule has 3 nitrogen and oxygen atoms in total. The van der Waals surface area contributed by atoms with Crippen LogP contribution in [0.15, 0.2) is 42.6 Å². The molecule has 0 spiro atoms. The second kappa shape index (κ2) is 8.77. The summed E-state index contributed by atoms with van der Waals surface area (Å²) in [6, 6.07) is 12.0. The van der Waals surface area contributed by atoms with Gasteiger partial charge < -0.3 is 9.47 Å². The third-order valence-electron chi connectivity index (χ3n) is 4.58. The van der Waals surface area contributed by atoms with E-state index >= 15 is 0 Å². The van der Waals surface area contributed by atoms with E-state index in [9.17, 15) is 4.79 Å². The van der Waals surface area contributed by atoms with Gasteiger partial charge in [-0.15, -0.1) is 11.6 Å². The number of carbonyl (C=O) groups excluding carboxylic acids is 1. The molecular formula is C20H26Cl2N2O. The Morgan fingerprint density at radius 2 is 1.88 bits per heavy atom. The van der Waals surface area contributed by atoms with Gasteiger partial charge in [0, 0.05) is 29.5 Å². The summed E-state index contributed by atoms with van der Waals surface area (Å²) in [7, 11) is 0. The molecule has 0 radical (unpaired) electrons. The Hall–Kier alpha value is -1.45. The molecular weight excluding hydrogens is 355 g/mol. The van der Waals surface area contributed by atoms with Crippen molar-refractivity contribution in [3.05, 3.63) is 58.9 Å². The highest BCUT2D eigenvalue weighted by Gasteiger charge is 2.26. The van der Waals surface area contributed by atoms with Crippen LogP contribution < -0.4 is 0 Å². The first-order valence-corrected chi connectivity index (χ1v) is 9.44. The molecule has 1 amide bonds. The Bertz CT molecular complexity index is 709. The van der Waals surface area contributed by atoms with Crippen LogP contribution in [0.2, 0.25) is 5.02 Å². The summed E-state index contributed by atoms with van der Waals surface area (Å²) in [5, 5.41) is 0.199. The number of hydrogen-bond donors (Lipinski definition) is 0. The first-order chi connectivity index (χ1) is 11.8. The Balaban J connectivity index is 2.23. The van der Waals surface area contributed by atoms with Crippen LogP contribution in [0.5, 0.6) is 0 Å². The van der Waals surface area contributed by atoms with Crippen molar-refractivity contribution >= 4 is 29.1 Å². The maximum absolute atomic E-state index is 12.6. The second-order valence-corrected chi connectivity index (χ2v) is 7.92. The van der Waals surface area contributed by atoms with Crippen LogP contribution in [-0.4, -0.2) is 26.8 Å². The smallest absolute Gasteiger partial charge is 0.240 e. The molecule has 1 aromatic carbocycles. The van der Waals surface area contributed by atoms with Gasteiger partial charge in [0.1, 0.15) is 5.38 Å². The molecule has 1 aromatic heterocycles. The van der Waals surface area contributed by atoms with E-state index in [0.29, 0.717) is 12.5 Å². The lowest BCUT2D eigenvalue weighted by molar-refractivity contribution is -0.134. The summed E-state index contributed by atoms with van der Waals surface area (Å²) in [5.74, 6) is 0.328. The number of amides is 1. The molecule has 2 aromatic rings. The zero-order chi connectivity index (χ0) is 18.6. The number of aromatic nitrogens is 1. The van der Waals surface area contributed by atoms with Crippen LogP contribution in [0.3, 0.4) is 0 Å². The highest BCUT2D eigenvalue weighted by molar-refractivity contribution is 6.30. The van der Waals surface area contributed by atoms with Gasteiger partial charge in [-0.2, -0.15) is 0 Å². The van der Waals surface area contributed by atoms with Gasteiger partial charge in [0.25, 0.3) is 0 Å². The molecule has 2 rings (SSSR count). The van der Waals surface area contributed by atoms with Crippen molar-refractivity contribution in [2.24, 2.45) is 5.92 Å². The van der Waals surface area contributed by atoms with E-state index in [2.05, 4.69) is 37.5 Å². The Labute approximate surface area is 160 Å². The minimum Gasteiger partial charge on any atom is -0.345 e. The molecule has 25 heavy (non-hydrogen) atoms. The largest absolute Gasteiger partial charge is 0.345 e. The molecule has 0 aliphatic carbocycles. The molecule has 0 N–H and O–H groups in total.